The fourth-order valence-electron chi connectivity index (χ4n) is 11.9. The monoisotopic (exact) mass is 940 g/mol. The van der Waals surface area contributed by atoms with Gasteiger partial charge in [-0.1, -0.05) is 167 Å². The third-order valence-corrected chi connectivity index (χ3v) is 15.1. The van der Waals surface area contributed by atoms with Crippen LogP contribution in [0.4, 0.5) is 34.1 Å². The first-order chi connectivity index (χ1) is 36.0. The van der Waals surface area contributed by atoms with Gasteiger partial charge in [0.05, 0.1) is 34.1 Å². The van der Waals surface area contributed by atoms with Crippen molar-refractivity contribution in [1.29, 1.82) is 0 Å². The zero-order valence-corrected chi connectivity index (χ0v) is 40.1. The normalized spacial score (nSPS) is 12.2. The van der Waals surface area contributed by atoms with Gasteiger partial charge in [-0.2, -0.15) is 0 Å². The van der Waals surface area contributed by atoms with Crippen molar-refractivity contribution in [2.24, 2.45) is 0 Å². The van der Waals surface area contributed by atoms with E-state index in [0.717, 1.165) is 138 Å². The Labute approximate surface area is 418 Å². The molecule has 15 aromatic rings. The second-order valence-electron chi connectivity index (χ2n) is 19.3. The van der Waals surface area contributed by atoms with Crippen molar-refractivity contribution in [1.82, 2.24) is 0 Å². The van der Waals surface area contributed by atoms with Crippen molar-refractivity contribution in [3.8, 4) is 0 Å². The van der Waals surface area contributed by atoms with Crippen LogP contribution in [-0.2, 0) is 0 Å². The Hall–Kier alpha value is -9.52. The van der Waals surface area contributed by atoms with E-state index in [1.165, 1.54) is 16.3 Å². The van der Waals surface area contributed by atoms with Gasteiger partial charge < -0.3 is 27.5 Å². The highest BCUT2D eigenvalue weighted by atomic mass is 16.3. The Morgan fingerprint density at radius 2 is 0.781 bits per heavy atom. The summed E-state index contributed by atoms with van der Waals surface area (Å²) >= 11 is 0. The van der Waals surface area contributed by atoms with Crippen LogP contribution < -0.4 is 9.80 Å². The van der Waals surface area contributed by atoms with Crippen molar-refractivity contribution >= 4 is 155 Å². The van der Waals surface area contributed by atoms with Crippen molar-refractivity contribution < 1.29 is 17.7 Å². The second-order valence-corrected chi connectivity index (χ2v) is 19.3. The van der Waals surface area contributed by atoms with Crippen molar-refractivity contribution in [2.75, 3.05) is 9.80 Å². The third kappa shape index (κ3) is 5.80. The van der Waals surface area contributed by atoms with E-state index in [2.05, 4.69) is 201 Å². The Balaban J connectivity index is 1.06. The number of fused-ring (bicyclic) bond motifs is 10. The molecule has 0 radical (unpaired) electrons. The lowest BCUT2D eigenvalue weighted by molar-refractivity contribution is 0.604. The van der Waals surface area contributed by atoms with E-state index in [4.69, 9.17) is 17.7 Å². The SMILES string of the molecule is C=Cc1oc2c(N(c3ccc4ccc5c(N(c6cccc7c6oc6ccccc67)c6cccc7c6oc6ccccc67)cc(C(C)C)c6ccc3c4c65)c3cccc4c3oc3ccccc34)cccc2c1C=C. The molecular formula is C67H44N2O4. The van der Waals surface area contributed by atoms with Crippen molar-refractivity contribution in [2.45, 2.75) is 19.8 Å². The van der Waals surface area contributed by atoms with Gasteiger partial charge in [0.1, 0.15) is 22.5 Å². The molecule has 4 heterocycles. The van der Waals surface area contributed by atoms with Gasteiger partial charge >= 0.3 is 0 Å². The van der Waals surface area contributed by atoms with Crippen LogP contribution in [0, 0.1) is 0 Å². The van der Waals surface area contributed by atoms with E-state index >= 15 is 0 Å². The van der Waals surface area contributed by atoms with Gasteiger partial charge in [0.2, 0.25) is 0 Å². The molecule has 0 atom stereocenters. The minimum Gasteiger partial charge on any atom is -0.454 e. The number of hydrogen-bond donors (Lipinski definition) is 0. The quantitative estimate of drug-likeness (QED) is 0.134. The molecule has 0 saturated heterocycles. The van der Waals surface area contributed by atoms with Gasteiger partial charge in [0, 0.05) is 54.0 Å². The molecule has 73 heavy (non-hydrogen) atoms. The van der Waals surface area contributed by atoms with Gasteiger partial charge in [-0.25, -0.2) is 0 Å². The molecule has 0 unspecified atom stereocenters. The zero-order chi connectivity index (χ0) is 48.6. The Kier molecular flexibility index (Phi) is 8.76. The maximum atomic E-state index is 6.91. The minimum atomic E-state index is 0.172. The van der Waals surface area contributed by atoms with E-state index in [0.29, 0.717) is 5.76 Å². The molecule has 15 rings (SSSR count). The minimum absolute atomic E-state index is 0.172. The van der Waals surface area contributed by atoms with Gasteiger partial charge in [-0.3, -0.25) is 0 Å². The lowest BCUT2D eigenvalue weighted by Crippen LogP contribution is -2.13. The molecule has 0 aliphatic carbocycles. The molecule has 0 N–H and O–H groups in total. The molecule has 0 spiro atoms. The van der Waals surface area contributed by atoms with Gasteiger partial charge in [0.15, 0.2) is 22.3 Å². The molecule has 0 saturated carbocycles. The highest BCUT2D eigenvalue weighted by Crippen LogP contribution is 2.54. The molecule has 0 aliphatic rings. The number of furan rings is 4. The Bertz CT molecular complexity index is 4680. The molecule has 0 amide bonds. The molecule has 0 fully saturated rings. The summed E-state index contributed by atoms with van der Waals surface area (Å²) in [5, 5.41) is 14.1. The lowest BCUT2D eigenvalue weighted by atomic mass is 9.86. The summed E-state index contributed by atoms with van der Waals surface area (Å²) in [5.41, 5.74) is 13.4. The highest BCUT2D eigenvalue weighted by Gasteiger charge is 2.30. The van der Waals surface area contributed by atoms with Crippen LogP contribution >= 0.6 is 0 Å². The highest BCUT2D eigenvalue weighted by molar-refractivity contribution is 6.30. The number of para-hydroxylation sites is 7. The van der Waals surface area contributed by atoms with Crippen molar-refractivity contribution in [3.63, 3.8) is 0 Å². The maximum absolute atomic E-state index is 6.91. The first kappa shape index (κ1) is 41.3. The lowest BCUT2D eigenvalue weighted by Gasteiger charge is -2.30. The molecule has 0 bridgehead atoms. The van der Waals surface area contributed by atoms with E-state index in [1.807, 2.05) is 30.3 Å². The van der Waals surface area contributed by atoms with E-state index < -0.39 is 0 Å². The summed E-state index contributed by atoms with van der Waals surface area (Å²) in [5.74, 6) is 0.843. The predicted octanol–water partition coefficient (Wildman–Crippen LogP) is 20.4. The summed E-state index contributed by atoms with van der Waals surface area (Å²) in [6.07, 6.45) is 3.61. The molecule has 4 aromatic heterocycles. The second kappa shape index (κ2) is 15.5. The number of nitrogens with zero attached hydrogens (tertiary/aromatic N) is 2. The maximum Gasteiger partial charge on any atom is 0.159 e. The Morgan fingerprint density at radius 3 is 1.29 bits per heavy atom. The first-order valence-corrected chi connectivity index (χ1v) is 24.8. The van der Waals surface area contributed by atoms with Crippen LogP contribution in [0.3, 0.4) is 0 Å². The number of hydrogen-bond acceptors (Lipinski definition) is 6. The summed E-state index contributed by atoms with van der Waals surface area (Å²) in [7, 11) is 0. The van der Waals surface area contributed by atoms with E-state index in [9.17, 15) is 0 Å². The molecule has 0 aliphatic heterocycles. The summed E-state index contributed by atoms with van der Waals surface area (Å²) in [6, 6.07) is 66.7. The largest absolute Gasteiger partial charge is 0.454 e. The fraction of sp³-hybridized carbons (Fsp3) is 0.0448. The van der Waals surface area contributed by atoms with Crippen LogP contribution in [-0.4, -0.2) is 0 Å². The third-order valence-electron chi connectivity index (χ3n) is 15.1. The first-order valence-electron chi connectivity index (χ1n) is 24.8. The fourth-order valence-corrected chi connectivity index (χ4v) is 11.9. The van der Waals surface area contributed by atoms with Crippen LogP contribution in [0.25, 0.3) is 121 Å². The van der Waals surface area contributed by atoms with Crippen molar-refractivity contribution in [3.05, 3.63) is 218 Å². The van der Waals surface area contributed by atoms with Crippen LogP contribution in [0.15, 0.2) is 219 Å². The molecule has 11 aromatic carbocycles. The molecule has 6 nitrogen and oxygen atoms in total. The summed E-state index contributed by atoms with van der Waals surface area (Å²) < 4.78 is 27.4. The van der Waals surface area contributed by atoms with Crippen LogP contribution in [0.5, 0.6) is 0 Å². The van der Waals surface area contributed by atoms with Gasteiger partial charge in [-0.15, -0.1) is 0 Å². The summed E-state index contributed by atoms with van der Waals surface area (Å²) in [6.45, 7) is 12.9. The molecule has 346 valence electrons. The van der Waals surface area contributed by atoms with Crippen LogP contribution in [0.1, 0.15) is 36.7 Å². The molecular weight excluding hydrogens is 897 g/mol. The molecule has 6 heteroatoms. The number of rotatable bonds is 9. The van der Waals surface area contributed by atoms with E-state index in [1.54, 1.807) is 6.08 Å². The summed E-state index contributed by atoms with van der Waals surface area (Å²) in [4.78, 5) is 4.71. The van der Waals surface area contributed by atoms with Crippen LogP contribution in [0.2, 0.25) is 0 Å². The standard InChI is InChI=1S/C67H44N2O4/c1-5-40-45-20-13-24-53(64(45)70-58(40)6-2)68(54-25-14-21-46-41-17-7-10-28-59(41)71-65(46)54)52-36-32-39-31-33-50-57(37-51(38(3)4)44-34-35-49(52)62(39)63(44)50)69(55-26-15-22-47-42-18-8-11-29-60(42)72-66(47)55)56-27-16-23-48-43-19-9-12-30-61(43)73-67(48)56/h5-38H,1-2H2,3-4H3. The van der Waals surface area contributed by atoms with E-state index in [-0.39, 0.29) is 5.92 Å². The number of anilines is 6. The average molecular weight is 941 g/mol. The smallest absolute Gasteiger partial charge is 0.159 e. The topological polar surface area (TPSA) is 59.0 Å². The zero-order valence-electron chi connectivity index (χ0n) is 40.1. The van der Waals surface area contributed by atoms with Gasteiger partial charge in [0.25, 0.3) is 0 Å². The Morgan fingerprint density at radius 1 is 0.356 bits per heavy atom. The van der Waals surface area contributed by atoms with Gasteiger partial charge in [-0.05, 0) is 93.7 Å². The predicted molar refractivity (Wildman–Crippen MR) is 305 cm³/mol. The number of benzene rings is 11. The average Bonchev–Trinajstić information content (AvgIpc) is 4.22.